The molecule has 0 aromatic heterocycles. The zero-order valence-corrected chi connectivity index (χ0v) is 11.5. The van der Waals surface area contributed by atoms with Gasteiger partial charge in [-0.25, -0.2) is 4.79 Å². The van der Waals surface area contributed by atoms with E-state index >= 15 is 0 Å². The fraction of sp³-hybridized carbons (Fsp3) is 0.846. The Morgan fingerprint density at radius 3 is 2.56 bits per heavy atom. The van der Waals surface area contributed by atoms with Crippen molar-refractivity contribution in [2.75, 3.05) is 6.54 Å². The minimum Gasteiger partial charge on any atom is -0.481 e. The average molecular weight is 256 g/mol. The molecule has 0 saturated heterocycles. The number of aliphatic carboxylic acids is 1. The summed E-state index contributed by atoms with van der Waals surface area (Å²) in [4.78, 5) is 24.9. The summed E-state index contributed by atoms with van der Waals surface area (Å²) in [5.74, 6) is -1.23. The number of nitrogens with one attached hydrogen (secondary N) is 1. The molecule has 0 aromatic rings. The monoisotopic (exact) mass is 256 g/mol. The molecule has 5 heteroatoms. The number of carbonyl (C=O) groups is 2. The van der Waals surface area contributed by atoms with Crippen LogP contribution in [0.15, 0.2) is 0 Å². The fourth-order valence-corrected chi connectivity index (χ4v) is 2.51. The van der Waals surface area contributed by atoms with Gasteiger partial charge in [0.15, 0.2) is 0 Å². The van der Waals surface area contributed by atoms with Crippen LogP contribution in [0, 0.1) is 5.92 Å². The molecule has 2 N–H and O–H groups in total. The SMILES string of the molecule is CCCN(C(=O)NC1CCCC1C(=O)O)C(C)C. The molecule has 0 aliphatic heterocycles. The lowest BCUT2D eigenvalue weighted by molar-refractivity contribution is -0.142. The van der Waals surface area contributed by atoms with Crippen LogP contribution in [-0.4, -0.2) is 40.6 Å². The van der Waals surface area contributed by atoms with Crippen LogP contribution in [0.5, 0.6) is 0 Å². The summed E-state index contributed by atoms with van der Waals surface area (Å²) in [5.41, 5.74) is 0. The number of hydrogen-bond donors (Lipinski definition) is 2. The topological polar surface area (TPSA) is 69.6 Å². The van der Waals surface area contributed by atoms with Gasteiger partial charge >= 0.3 is 12.0 Å². The Morgan fingerprint density at radius 2 is 2.06 bits per heavy atom. The van der Waals surface area contributed by atoms with Crippen molar-refractivity contribution in [3.8, 4) is 0 Å². The molecule has 0 aromatic carbocycles. The normalized spacial score (nSPS) is 23.1. The molecule has 1 aliphatic rings. The molecule has 1 saturated carbocycles. The minimum atomic E-state index is -0.801. The van der Waals surface area contributed by atoms with Gasteiger partial charge in [-0.2, -0.15) is 0 Å². The lowest BCUT2D eigenvalue weighted by atomic mass is 10.0. The maximum absolute atomic E-state index is 12.1. The fourth-order valence-electron chi connectivity index (χ4n) is 2.51. The number of nitrogens with zero attached hydrogens (tertiary/aromatic N) is 1. The minimum absolute atomic E-state index is 0.134. The first-order valence-electron chi connectivity index (χ1n) is 6.77. The lowest BCUT2D eigenvalue weighted by Gasteiger charge is -2.29. The van der Waals surface area contributed by atoms with Crippen molar-refractivity contribution >= 4 is 12.0 Å². The summed E-state index contributed by atoms with van der Waals surface area (Å²) < 4.78 is 0. The van der Waals surface area contributed by atoms with Crippen molar-refractivity contribution in [3.05, 3.63) is 0 Å². The average Bonchev–Trinajstić information content (AvgIpc) is 2.73. The van der Waals surface area contributed by atoms with E-state index in [0.717, 1.165) is 19.3 Å². The molecule has 1 rings (SSSR count). The number of carboxylic acid groups (broad SMARTS) is 1. The number of carbonyl (C=O) groups excluding carboxylic acids is 1. The van der Waals surface area contributed by atoms with Crippen molar-refractivity contribution < 1.29 is 14.7 Å². The van der Waals surface area contributed by atoms with Gasteiger partial charge in [0.05, 0.1) is 5.92 Å². The van der Waals surface area contributed by atoms with E-state index < -0.39 is 11.9 Å². The quantitative estimate of drug-likeness (QED) is 0.791. The van der Waals surface area contributed by atoms with Crippen LogP contribution in [-0.2, 0) is 4.79 Å². The van der Waals surface area contributed by atoms with E-state index in [2.05, 4.69) is 5.32 Å². The summed E-state index contributed by atoms with van der Waals surface area (Å²) in [6.07, 6.45) is 3.20. The van der Waals surface area contributed by atoms with Crippen LogP contribution in [0.4, 0.5) is 4.79 Å². The summed E-state index contributed by atoms with van der Waals surface area (Å²) in [6.45, 7) is 6.67. The van der Waals surface area contributed by atoms with Crippen molar-refractivity contribution in [3.63, 3.8) is 0 Å². The van der Waals surface area contributed by atoms with Crippen molar-refractivity contribution in [2.45, 2.75) is 58.5 Å². The van der Waals surface area contributed by atoms with Gasteiger partial charge in [0.1, 0.15) is 0 Å². The van der Waals surface area contributed by atoms with Crippen LogP contribution in [0.25, 0.3) is 0 Å². The molecule has 0 heterocycles. The van der Waals surface area contributed by atoms with E-state index in [4.69, 9.17) is 5.11 Å². The highest BCUT2D eigenvalue weighted by molar-refractivity contribution is 5.77. The van der Waals surface area contributed by atoms with Crippen LogP contribution in [0.1, 0.15) is 46.5 Å². The maximum Gasteiger partial charge on any atom is 0.317 e. The second kappa shape index (κ2) is 6.61. The molecule has 0 spiro atoms. The first-order valence-corrected chi connectivity index (χ1v) is 6.77. The van der Waals surface area contributed by atoms with Gasteiger partial charge < -0.3 is 15.3 Å². The molecule has 1 fully saturated rings. The number of rotatable bonds is 5. The second-order valence-corrected chi connectivity index (χ2v) is 5.22. The Labute approximate surface area is 109 Å². The number of carboxylic acids is 1. The number of amides is 2. The van der Waals surface area contributed by atoms with Gasteiger partial charge in [0, 0.05) is 18.6 Å². The Bertz CT molecular complexity index is 305. The van der Waals surface area contributed by atoms with Crippen LogP contribution >= 0.6 is 0 Å². The van der Waals surface area contributed by atoms with E-state index in [-0.39, 0.29) is 18.1 Å². The number of urea groups is 1. The Hall–Kier alpha value is -1.26. The Kier molecular flexibility index (Phi) is 5.44. The molecule has 1 aliphatic carbocycles. The zero-order chi connectivity index (χ0) is 13.7. The summed E-state index contributed by atoms with van der Waals surface area (Å²) in [7, 11) is 0. The van der Waals surface area contributed by atoms with E-state index in [1.807, 2.05) is 20.8 Å². The molecule has 2 unspecified atom stereocenters. The standard InChI is InChI=1S/C13H24N2O3/c1-4-8-15(9(2)3)13(18)14-11-7-5-6-10(11)12(16)17/h9-11H,4-8H2,1-3H3,(H,14,18)(H,16,17). The molecule has 2 amide bonds. The van der Waals surface area contributed by atoms with Gasteiger partial charge in [0.2, 0.25) is 0 Å². The van der Waals surface area contributed by atoms with Crippen molar-refractivity contribution in [2.24, 2.45) is 5.92 Å². The highest BCUT2D eigenvalue weighted by atomic mass is 16.4. The summed E-state index contributed by atoms with van der Waals surface area (Å²) in [6, 6.07) is -0.215. The highest BCUT2D eigenvalue weighted by Gasteiger charge is 2.34. The molecule has 18 heavy (non-hydrogen) atoms. The van der Waals surface area contributed by atoms with Crippen LogP contribution in [0.2, 0.25) is 0 Å². The van der Waals surface area contributed by atoms with Gasteiger partial charge in [-0.15, -0.1) is 0 Å². The van der Waals surface area contributed by atoms with Crippen LogP contribution < -0.4 is 5.32 Å². The van der Waals surface area contributed by atoms with Crippen molar-refractivity contribution in [1.82, 2.24) is 10.2 Å². The predicted molar refractivity (Wildman–Crippen MR) is 69.4 cm³/mol. The molecule has 2 atom stereocenters. The van der Waals surface area contributed by atoms with Gasteiger partial charge in [0.25, 0.3) is 0 Å². The summed E-state index contributed by atoms with van der Waals surface area (Å²) >= 11 is 0. The molecule has 0 bridgehead atoms. The van der Waals surface area contributed by atoms with E-state index in [1.54, 1.807) is 4.90 Å². The molecule has 0 radical (unpaired) electrons. The van der Waals surface area contributed by atoms with E-state index in [0.29, 0.717) is 13.0 Å². The lowest BCUT2D eigenvalue weighted by Crippen LogP contribution is -2.49. The van der Waals surface area contributed by atoms with E-state index in [1.165, 1.54) is 0 Å². The smallest absolute Gasteiger partial charge is 0.317 e. The first-order chi connectivity index (χ1) is 8.47. The van der Waals surface area contributed by atoms with E-state index in [9.17, 15) is 9.59 Å². The molecular weight excluding hydrogens is 232 g/mol. The third-order valence-electron chi connectivity index (χ3n) is 3.49. The van der Waals surface area contributed by atoms with Crippen molar-refractivity contribution in [1.29, 1.82) is 0 Å². The third-order valence-corrected chi connectivity index (χ3v) is 3.49. The molecule has 104 valence electrons. The Balaban J connectivity index is 2.59. The second-order valence-electron chi connectivity index (χ2n) is 5.22. The molecule has 5 nitrogen and oxygen atoms in total. The van der Waals surface area contributed by atoms with Gasteiger partial charge in [-0.3, -0.25) is 4.79 Å². The number of hydrogen-bond acceptors (Lipinski definition) is 2. The maximum atomic E-state index is 12.1. The first kappa shape index (κ1) is 14.8. The van der Waals surface area contributed by atoms with Gasteiger partial charge in [-0.05, 0) is 33.1 Å². The van der Waals surface area contributed by atoms with Crippen LogP contribution in [0.3, 0.4) is 0 Å². The predicted octanol–water partition coefficient (Wildman–Crippen LogP) is 2.07. The van der Waals surface area contributed by atoms with Gasteiger partial charge in [-0.1, -0.05) is 13.3 Å². The summed E-state index contributed by atoms with van der Waals surface area (Å²) in [5, 5.41) is 12.0. The highest BCUT2D eigenvalue weighted by Crippen LogP contribution is 2.26. The molecular formula is C13H24N2O3. The largest absolute Gasteiger partial charge is 0.481 e. The third kappa shape index (κ3) is 3.62. The Morgan fingerprint density at radius 1 is 1.39 bits per heavy atom. The zero-order valence-electron chi connectivity index (χ0n) is 11.5.